The molecule has 8 N–H and O–H groups in total. The van der Waals surface area contributed by atoms with Gasteiger partial charge in [0.1, 0.15) is 24.4 Å². The van der Waals surface area contributed by atoms with Gasteiger partial charge >= 0.3 is 11.9 Å². The van der Waals surface area contributed by atoms with E-state index in [9.17, 15) is 35.1 Å². The Kier molecular flexibility index (Phi) is 7.04. The van der Waals surface area contributed by atoms with Crippen molar-refractivity contribution in [1.82, 2.24) is 0 Å². The average molecular weight is 354 g/mol. The van der Waals surface area contributed by atoms with Crippen molar-refractivity contribution >= 4 is 11.9 Å². The molecule has 0 radical (unpaired) electrons. The van der Waals surface area contributed by atoms with E-state index in [4.69, 9.17) is 15.3 Å². The minimum Gasteiger partial charge on any atom is -0.499 e. The fourth-order valence-corrected chi connectivity index (χ4v) is 1.75. The molecular weight excluding hydrogens is 336 g/mol. The number of carbonyl (C=O) groups is 2. The predicted octanol–water partition coefficient (Wildman–Crippen LogP) is -4.99. The van der Waals surface area contributed by atoms with Crippen molar-refractivity contribution in [3.8, 4) is 0 Å². The van der Waals surface area contributed by atoms with E-state index >= 15 is 0 Å². The second kappa shape index (κ2) is 8.34. The van der Waals surface area contributed by atoms with Crippen LogP contribution >= 0.6 is 0 Å². The van der Waals surface area contributed by atoms with Crippen molar-refractivity contribution in [2.24, 2.45) is 0 Å². The van der Waals surface area contributed by atoms with E-state index in [1.54, 1.807) is 0 Å². The highest BCUT2D eigenvalue weighted by Gasteiger charge is 2.44. The molecule has 0 bridgehead atoms. The van der Waals surface area contributed by atoms with E-state index in [2.05, 4.69) is 9.47 Å². The summed E-state index contributed by atoms with van der Waals surface area (Å²) >= 11 is 0. The summed E-state index contributed by atoms with van der Waals surface area (Å²) in [7, 11) is 0. The first-order valence-corrected chi connectivity index (χ1v) is 6.63. The number of cyclic esters (lactones) is 1. The molecular formula is C12H18O12. The third kappa shape index (κ3) is 4.18. The molecule has 12 heteroatoms. The summed E-state index contributed by atoms with van der Waals surface area (Å²) in [6, 6.07) is 0. The van der Waals surface area contributed by atoms with Crippen LogP contribution in [0.15, 0.2) is 11.5 Å². The minimum atomic E-state index is -2.44. The Labute approximate surface area is 134 Å². The lowest BCUT2D eigenvalue weighted by Gasteiger charge is -2.25. The lowest BCUT2D eigenvalue weighted by Crippen LogP contribution is -2.49. The van der Waals surface area contributed by atoms with E-state index < -0.39 is 73.3 Å². The molecule has 0 aromatic rings. The van der Waals surface area contributed by atoms with Gasteiger partial charge in [0.25, 0.3) is 0 Å². The molecule has 12 nitrogen and oxygen atoms in total. The van der Waals surface area contributed by atoms with Crippen LogP contribution in [-0.4, -0.2) is 103 Å². The van der Waals surface area contributed by atoms with Gasteiger partial charge in [0.15, 0.2) is 12.2 Å². The monoisotopic (exact) mass is 354 g/mol. The van der Waals surface area contributed by atoms with Crippen molar-refractivity contribution in [2.45, 2.75) is 36.6 Å². The Balaban J connectivity index is 2.86. The molecule has 1 rings (SSSR count). The fourth-order valence-electron chi connectivity index (χ4n) is 1.75. The number of rotatable bonds is 8. The molecule has 0 aromatic carbocycles. The van der Waals surface area contributed by atoms with Crippen molar-refractivity contribution < 1.29 is 59.9 Å². The predicted molar refractivity (Wildman–Crippen MR) is 69.8 cm³/mol. The van der Waals surface area contributed by atoms with Crippen LogP contribution in [-0.2, 0) is 19.1 Å². The van der Waals surface area contributed by atoms with Gasteiger partial charge in [0.05, 0.1) is 13.2 Å². The van der Waals surface area contributed by atoms with Crippen LogP contribution < -0.4 is 0 Å². The van der Waals surface area contributed by atoms with Crippen LogP contribution in [0, 0.1) is 0 Å². The topological polar surface area (TPSA) is 214 Å². The Morgan fingerprint density at radius 3 is 2.17 bits per heavy atom. The zero-order valence-corrected chi connectivity index (χ0v) is 12.1. The van der Waals surface area contributed by atoms with Gasteiger partial charge in [-0.2, -0.15) is 0 Å². The first kappa shape index (κ1) is 20.2. The van der Waals surface area contributed by atoms with Crippen molar-refractivity contribution in [2.75, 3.05) is 13.2 Å². The Morgan fingerprint density at radius 1 is 1.08 bits per heavy atom. The van der Waals surface area contributed by atoms with Gasteiger partial charge in [-0.1, -0.05) is 0 Å². The molecule has 24 heavy (non-hydrogen) atoms. The molecule has 1 heterocycles. The largest absolute Gasteiger partial charge is 0.499 e. The summed E-state index contributed by atoms with van der Waals surface area (Å²) in [6.07, 6.45) is -12.2. The maximum Gasteiger partial charge on any atom is 0.378 e. The maximum absolute atomic E-state index is 11.7. The van der Waals surface area contributed by atoms with Gasteiger partial charge in [0, 0.05) is 0 Å². The normalized spacial score (nSPS) is 24.1. The van der Waals surface area contributed by atoms with Gasteiger partial charge in [-0.05, 0) is 0 Å². The lowest BCUT2D eigenvalue weighted by atomic mass is 10.0. The van der Waals surface area contributed by atoms with Gasteiger partial charge in [-0.3, -0.25) is 0 Å². The highest BCUT2D eigenvalue weighted by molar-refractivity contribution is 5.90. The summed E-state index contributed by atoms with van der Waals surface area (Å²) in [5, 5.41) is 74.0. The van der Waals surface area contributed by atoms with E-state index in [0.717, 1.165) is 0 Å². The van der Waals surface area contributed by atoms with Crippen molar-refractivity contribution in [1.29, 1.82) is 0 Å². The number of aliphatic hydroxyl groups is 8. The number of aliphatic hydroxyl groups excluding tert-OH is 8. The van der Waals surface area contributed by atoms with Crippen LogP contribution in [0.25, 0.3) is 0 Å². The summed E-state index contributed by atoms with van der Waals surface area (Å²) in [5.41, 5.74) is 0. The lowest BCUT2D eigenvalue weighted by molar-refractivity contribution is -0.169. The van der Waals surface area contributed by atoms with Gasteiger partial charge in [-0.25, -0.2) is 9.59 Å². The molecule has 0 spiro atoms. The van der Waals surface area contributed by atoms with E-state index in [-0.39, 0.29) is 0 Å². The van der Waals surface area contributed by atoms with Crippen LogP contribution in [0.5, 0.6) is 0 Å². The zero-order chi connectivity index (χ0) is 18.6. The first-order valence-electron chi connectivity index (χ1n) is 6.63. The molecule has 0 saturated heterocycles. The quantitative estimate of drug-likeness (QED) is 0.192. The van der Waals surface area contributed by atoms with Gasteiger partial charge in [-0.15, -0.1) is 0 Å². The Morgan fingerprint density at radius 2 is 1.67 bits per heavy atom. The number of hydrogen-bond acceptors (Lipinski definition) is 12. The zero-order valence-electron chi connectivity index (χ0n) is 12.1. The van der Waals surface area contributed by atoms with Crippen LogP contribution in [0.3, 0.4) is 0 Å². The Hall–Kier alpha value is -1.80. The van der Waals surface area contributed by atoms with Crippen molar-refractivity contribution in [3.05, 3.63) is 11.5 Å². The number of ether oxygens (including phenoxy) is 2. The molecule has 0 saturated carbocycles. The first-order chi connectivity index (χ1) is 11.1. The highest BCUT2D eigenvalue weighted by atomic mass is 16.6. The molecule has 138 valence electrons. The standard InChI is InChI=1S/C12H18O12/c13-1-3(15)5(17)6(18)7(19)11(21)24-10-8(20)12(22)23-9(10)4(16)2-14/h3-7,9,13-20H,1-2H2/t3-,4+,5-,6+,7-,9-/m1/s1. The van der Waals surface area contributed by atoms with Gasteiger partial charge < -0.3 is 50.3 Å². The second-order valence-corrected chi connectivity index (χ2v) is 4.89. The van der Waals surface area contributed by atoms with Gasteiger partial charge in [0.2, 0.25) is 11.5 Å². The molecule has 0 amide bonds. The third-order valence-electron chi connectivity index (χ3n) is 3.16. The van der Waals surface area contributed by atoms with E-state index in [0.29, 0.717) is 0 Å². The SMILES string of the molecule is O=C1O[C@H]([C@@H](O)CO)C(OC(=O)[C@H](O)[C@@H](O)[C@H](O)[C@H](O)CO)=C1O. The molecule has 0 unspecified atom stereocenters. The minimum absolute atomic E-state index is 0.907. The van der Waals surface area contributed by atoms with E-state index in [1.807, 2.05) is 0 Å². The molecule has 1 aliphatic rings. The van der Waals surface area contributed by atoms with E-state index in [1.165, 1.54) is 0 Å². The smallest absolute Gasteiger partial charge is 0.378 e. The summed E-state index contributed by atoms with van der Waals surface area (Å²) in [4.78, 5) is 22.9. The van der Waals surface area contributed by atoms with Crippen LogP contribution in [0.2, 0.25) is 0 Å². The number of esters is 2. The average Bonchev–Trinajstić information content (AvgIpc) is 2.86. The summed E-state index contributed by atoms with van der Waals surface area (Å²) < 4.78 is 8.95. The summed E-state index contributed by atoms with van der Waals surface area (Å²) in [6.45, 7) is -1.89. The molecule has 6 atom stereocenters. The maximum atomic E-state index is 11.7. The molecule has 0 fully saturated rings. The fraction of sp³-hybridized carbons (Fsp3) is 0.667. The highest BCUT2D eigenvalue weighted by Crippen LogP contribution is 2.25. The van der Waals surface area contributed by atoms with Crippen LogP contribution in [0.4, 0.5) is 0 Å². The summed E-state index contributed by atoms with van der Waals surface area (Å²) in [5.74, 6) is -5.13. The number of carbonyl (C=O) groups excluding carboxylic acids is 2. The Bertz CT molecular complexity index is 502. The molecule has 1 aliphatic heterocycles. The number of hydrogen-bond donors (Lipinski definition) is 8. The molecule has 0 aliphatic carbocycles. The van der Waals surface area contributed by atoms with Crippen molar-refractivity contribution in [3.63, 3.8) is 0 Å². The molecule has 0 aromatic heterocycles. The van der Waals surface area contributed by atoms with Crippen LogP contribution in [0.1, 0.15) is 0 Å². The third-order valence-corrected chi connectivity index (χ3v) is 3.16. The second-order valence-electron chi connectivity index (χ2n) is 4.89.